The van der Waals surface area contributed by atoms with E-state index >= 15 is 0 Å². The normalized spacial score (nSPS) is 14.6. The molecular formula is C19H23N5O3S. The number of thiazole rings is 1. The number of ether oxygens (including phenoxy) is 2. The number of benzene rings is 1. The number of hydrogen-bond donors (Lipinski definition) is 0. The van der Waals surface area contributed by atoms with Crippen molar-refractivity contribution in [2.75, 3.05) is 45.3 Å². The van der Waals surface area contributed by atoms with Crippen LogP contribution in [0.4, 0.5) is 5.13 Å². The smallest absolute Gasteiger partial charge is 0.274 e. The maximum absolute atomic E-state index is 12.7. The van der Waals surface area contributed by atoms with Crippen molar-refractivity contribution in [3.63, 3.8) is 0 Å². The Kier molecular flexibility index (Phi) is 4.84. The van der Waals surface area contributed by atoms with Crippen molar-refractivity contribution in [2.45, 2.75) is 6.92 Å². The molecule has 2 aromatic heterocycles. The quantitative estimate of drug-likeness (QED) is 0.668. The maximum Gasteiger partial charge on any atom is 0.274 e. The number of aryl methyl sites for hydroxylation is 2. The van der Waals surface area contributed by atoms with Crippen LogP contribution in [0.25, 0.3) is 10.2 Å². The highest BCUT2D eigenvalue weighted by atomic mass is 32.1. The molecule has 3 aromatic rings. The van der Waals surface area contributed by atoms with Crippen molar-refractivity contribution in [1.29, 1.82) is 0 Å². The Hall–Kier alpha value is -2.81. The topological polar surface area (TPSA) is 72.7 Å². The minimum Gasteiger partial charge on any atom is -0.495 e. The van der Waals surface area contributed by atoms with E-state index in [1.807, 2.05) is 37.1 Å². The number of carbonyl (C=O) groups is 1. The first-order chi connectivity index (χ1) is 13.5. The van der Waals surface area contributed by atoms with Gasteiger partial charge in [0.1, 0.15) is 21.7 Å². The number of carbonyl (C=O) groups excluding carboxylic acids is 1. The van der Waals surface area contributed by atoms with Crippen LogP contribution < -0.4 is 14.4 Å². The fraction of sp³-hybridized carbons (Fsp3) is 0.421. The third-order valence-electron chi connectivity index (χ3n) is 5.07. The van der Waals surface area contributed by atoms with Crippen molar-refractivity contribution in [3.05, 3.63) is 29.6 Å². The average Bonchev–Trinajstić information content (AvgIpc) is 3.31. The fourth-order valence-electron chi connectivity index (χ4n) is 3.34. The molecule has 1 saturated heterocycles. The number of amides is 1. The van der Waals surface area contributed by atoms with E-state index in [2.05, 4.69) is 10.00 Å². The highest BCUT2D eigenvalue weighted by Gasteiger charge is 2.26. The summed E-state index contributed by atoms with van der Waals surface area (Å²) in [5, 5.41) is 5.22. The van der Waals surface area contributed by atoms with Crippen molar-refractivity contribution < 1.29 is 14.3 Å². The molecule has 28 heavy (non-hydrogen) atoms. The second kappa shape index (κ2) is 7.31. The standard InChI is InChI=1S/C19H23N5O3S/c1-12-11-13(21-22(12)2)18(25)23-7-9-24(10-8-23)19-20-16-14(26-3)5-6-15(27-4)17(16)28-19/h5-6,11H,7-10H2,1-4H3. The van der Waals surface area contributed by atoms with Gasteiger partial charge in [0.15, 0.2) is 10.8 Å². The second-order valence-electron chi connectivity index (χ2n) is 6.72. The predicted octanol–water partition coefficient (Wildman–Crippen LogP) is 2.32. The zero-order valence-corrected chi connectivity index (χ0v) is 17.2. The molecule has 0 radical (unpaired) electrons. The first-order valence-corrected chi connectivity index (χ1v) is 9.90. The van der Waals surface area contributed by atoms with Gasteiger partial charge in [0.2, 0.25) is 0 Å². The lowest BCUT2D eigenvalue weighted by molar-refractivity contribution is 0.0740. The van der Waals surface area contributed by atoms with E-state index in [4.69, 9.17) is 14.5 Å². The van der Waals surface area contributed by atoms with Gasteiger partial charge in [0.05, 0.1) is 14.2 Å². The van der Waals surface area contributed by atoms with Crippen molar-refractivity contribution >= 4 is 32.6 Å². The van der Waals surface area contributed by atoms with Gasteiger partial charge in [-0.05, 0) is 25.1 Å². The molecule has 0 saturated carbocycles. The number of hydrogen-bond acceptors (Lipinski definition) is 7. The number of fused-ring (bicyclic) bond motifs is 1. The van der Waals surface area contributed by atoms with Crippen LogP contribution >= 0.6 is 11.3 Å². The zero-order valence-electron chi connectivity index (χ0n) is 16.4. The lowest BCUT2D eigenvalue weighted by atomic mass is 10.2. The van der Waals surface area contributed by atoms with Crippen molar-refractivity contribution in [1.82, 2.24) is 19.7 Å². The van der Waals surface area contributed by atoms with E-state index in [1.165, 1.54) is 0 Å². The van der Waals surface area contributed by atoms with Crippen LogP contribution in [0.1, 0.15) is 16.2 Å². The first-order valence-electron chi connectivity index (χ1n) is 9.08. The van der Waals surface area contributed by atoms with Gasteiger partial charge in [-0.25, -0.2) is 4.98 Å². The maximum atomic E-state index is 12.7. The van der Waals surface area contributed by atoms with E-state index in [0.717, 1.165) is 45.6 Å². The Morgan fingerprint density at radius 1 is 1.11 bits per heavy atom. The first kappa shape index (κ1) is 18.5. The fourth-order valence-corrected chi connectivity index (χ4v) is 4.46. The Labute approximate surface area is 167 Å². The molecule has 1 fully saturated rings. The molecule has 1 amide bonds. The summed E-state index contributed by atoms with van der Waals surface area (Å²) >= 11 is 1.59. The van der Waals surface area contributed by atoms with Gasteiger partial charge < -0.3 is 19.3 Å². The Bertz CT molecular complexity index is 960. The highest BCUT2D eigenvalue weighted by Crippen LogP contribution is 2.40. The van der Waals surface area contributed by atoms with Crippen LogP contribution in [0.2, 0.25) is 0 Å². The summed E-state index contributed by atoms with van der Waals surface area (Å²) < 4.78 is 13.6. The van der Waals surface area contributed by atoms with E-state index in [0.29, 0.717) is 18.8 Å². The van der Waals surface area contributed by atoms with Gasteiger partial charge in [0, 0.05) is 38.9 Å². The van der Waals surface area contributed by atoms with Gasteiger partial charge in [0.25, 0.3) is 5.91 Å². The third kappa shape index (κ3) is 3.15. The SMILES string of the molecule is COc1ccc(OC)c2sc(N3CCN(C(=O)c4cc(C)n(C)n4)CC3)nc12. The molecule has 0 bridgehead atoms. The number of methoxy groups -OCH3 is 2. The number of piperazine rings is 1. The van der Waals surface area contributed by atoms with Crippen LogP contribution in [0.3, 0.4) is 0 Å². The molecule has 3 heterocycles. The molecule has 1 aliphatic rings. The summed E-state index contributed by atoms with van der Waals surface area (Å²) in [4.78, 5) is 21.5. The summed E-state index contributed by atoms with van der Waals surface area (Å²) in [7, 11) is 5.15. The predicted molar refractivity (Wildman–Crippen MR) is 109 cm³/mol. The summed E-state index contributed by atoms with van der Waals surface area (Å²) in [5.74, 6) is 1.51. The van der Waals surface area contributed by atoms with Crippen LogP contribution in [0, 0.1) is 6.92 Å². The van der Waals surface area contributed by atoms with Gasteiger partial charge in [-0.15, -0.1) is 0 Å². The lowest BCUT2D eigenvalue weighted by Gasteiger charge is -2.34. The zero-order chi connectivity index (χ0) is 19.8. The highest BCUT2D eigenvalue weighted by molar-refractivity contribution is 7.22. The van der Waals surface area contributed by atoms with E-state index < -0.39 is 0 Å². The molecule has 0 unspecified atom stereocenters. The monoisotopic (exact) mass is 401 g/mol. The van der Waals surface area contributed by atoms with Crippen molar-refractivity contribution in [3.8, 4) is 11.5 Å². The number of nitrogens with zero attached hydrogens (tertiary/aromatic N) is 5. The molecule has 148 valence electrons. The second-order valence-corrected chi connectivity index (χ2v) is 7.70. The number of aromatic nitrogens is 3. The summed E-state index contributed by atoms with van der Waals surface area (Å²) in [6, 6.07) is 5.60. The van der Waals surface area contributed by atoms with E-state index in [1.54, 1.807) is 30.2 Å². The van der Waals surface area contributed by atoms with Crippen molar-refractivity contribution in [2.24, 2.45) is 7.05 Å². The molecule has 1 aliphatic heterocycles. The Morgan fingerprint density at radius 2 is 1.79 bits per heavy atom. The third-order valence-corrected chi connectivity index (χ3v) is 6.20. The van der Waals surface area contributed by atoms with Gasteiger partial charge in [-0.2, -0.15) is 5.10 Å². The minimum absolute atomic E-state index is 0.0176. The molecule has 0 atom stereocenters. The van der Waals surface area contributed by atoms with Crippen LogP contribution in [-0.4, -0.2) is 66.0 Å². The molecule has 0 aliphatic carbocycles. The van der Waals surface area contributed by atoms with Gasteiger partial charge in [-0.3, -0.25) is 9.48 Å². The average molecular weight is 401 g/mol. The molecule has 0 N–H and O–H groups in total. The molecule has 0 spiro atoms. The minimum atomic E-state index is -0.0176. The summed E-state index contributed by atoms with van der Waals surface area (Å²) in [6.07, 6.45) is 0. The summed E-state index contributed by atoms with van der Waals surface area (Å²) in [6.45, 7) is 4.67. The summed E-state index contributed by atoms with van der Waals surface area (Å²) in [5.41, 5.74) is 2.28. The molecule has 1 aromatic carbocycles. The van der Waals surface area contributed by atoms with Crippen LogP contribution in [0.15, 0.2) is 18.2 Å². The van der Waals surface area contributed by atoms with Crippen LogP contribution in [-0.2, 0) is 7.05 Å². The largest absolute Gasteiger partial charge is 0.495 e. The molecule has 4 rings (SSSR count). The van der Waals surface area contributed by atoms with E-state index in [9.17, 15) is 4.79 Å². The number of anilines is 1. The molecule has 9 heteroatoms. The lowest BCUT2D eigenvalue weighted by Crippen LogP contribution is -2.48. The molecule has 8 nitrogen and oxygen atoms in total. The van der Waals surface area contributed by atoms with Crippen LogP contribution in [0.5, 0.6) is 11.5 Å². The van der Waals surface area contributed by atoms with Gasteiger partial charge >= 0.3 is 0 Å². The Balaban J connectivity index is 1.51. The van der Waals surface area contributed by atoms with Gasteiger partial charge in [-0.1, -0.05) is 11.3 Å². The van der Waals surface area contributed by atoms with E-state index in [-0.39, 0.29) is 5.91 Å². The molecular weight excluding hydrogens is 378 g/mol. The number of rotatable bonds is 4. The Morgan fingerprint density at radius 3 is 2.39 bits per heavy atom.